The first-order valence-corrected chi connectivity index (χ1v) is 10.5. The predicted molar refractivity (Wildman–Crippen MR) is 117 cm³/mol. The fourth-order valence-corrected chi connectivity index (χ4v) is 4.63. The van der Waals surface area contributed by atoms with Crippen LogP contribution in [0.4, 0.5) is 21.0 Å². The molecule has 3 atom stereocenters. The number of fused-ring (bicyclic) bond motifs is 3. The van der Waals surface area contributed by atoms with E-state index in [1.807, 2.05) is 31.2 Å². The molecule has 0 saturated carbocycles. The maximum absolute atomic E-state index is 13.1. The standard InChI is InChI=1S/C22H25ClN4O3/c1-2-10-24-21(29)27-18-12-26(22(30)25-15-7-5-6-14(23)11-15)17-9-4-3-8-16(17)20(18)19(27)13-28/h3-9,11,18-20,28H,2,10,12-13H2,1H3,(H,24,29)(H,25,30)/t18-,19-,20+/m1/s1. The van der Waals surface area contributed by atoms with Crippen LogP contribution in [0.2, 0.25) is 5.02 Å². The third-order valence-corrected chi connectivity index (χ3v) is 6.00. The lowest BCUT2D eigenvalue weighted by Gasteiger charge is -2.58. The summed E-state index contributed by atoms with van der Waals surface area (Å²) in [7, 11) is 0. The molecule has 30 heavy (non-hydrogen) atoms. The number of benzene rings is 2. The van der Waals surface area contributed by atoms with Gasteiger partial charge in [-0.25, -0.2) is 9.59 Å². The first-order valence-electron chi connectivity index (χ1n) is 10.1. The Morgan fingerprint density at radius 3 is 2.70 bits per heavy atom. The summed E-state index contributed by atoms with van der Waals surface area (Å²) < 4.78 is 0. The Labute approximate surface area is 180 Å². The zero-order valence-electron chi connectivity index (χ0n) is 16.7. The van der Waals surface area contributed by atoms with Crippen LogP contribution in [0.15, 0.2) is 48.5 Å². The summed E-state index contributed by atoms with van der Waals surface area (Å²) in [5.74, 6) is -0.00574. The van der Waals surface area contributed by atoms with E-state index in [9.17, 15) is 14.7 Å². The molecule has 2 aromatic carbocycles. The molecular weight excluding hydrogens is 404 g/mol. The van der Waals surface area contributed by atoms with Crippen molar-refractivity contribution in [3.05, 3.63) is 59.1 Å². The number of likely N-dealkylation sites (tertiary alicyclic amines) is 1. The summed E-state index contributed by atoms with van der Waals surface area (Å²) in [6.07, 6.45) is 0.828. The first kappa shape index (κ1) is 20.5. The van der Waals surface area contributed by atoms with Crippen LogP contribution in [0.1, 0.15) is 24.8 Å². The van der Waals surface area contributed by atoms with E-state index < -0.39 is 0 Å². The lowest BCUT2D eigenvalue weighted by atomic mass is 9.72. The van der Waals surface area contributed by atoms with Gasteiger partial charge in [0.1, 0.15) is 0 Å². The predicted octanol–water partition coefficient (Wildman–Crippen LogP) is 3.64. The van der Waals surface area contributed by atoms with E-state index in [4.69, 9.17) is 11.6 Å². The summed E-state index contributed by atoms with van der Waals surface area (Å²) in [6, 6.07) is 13.7. The molecule has 3 N–H and O–H groups in total. The van der Waals surface area contributed by atoms with Gasteiger partial charge in [0.2, 0.25) is 0 Å². The molecule has 8 heteroatoms. The molecule has 0 spiro atoms. The number of rotatable bonds is 4. The van der Waals surface area contributed by atoms with Crippen molar-refractivity contribution in [1.82, 2.24) is 10.2 Å². The number of anilines is 2. The molecule has 1 saturated heterocycles. The maximum Gasteiger partial charge on any atom is 0.326 e. The average molecular weight is 429 g/mol. The van der Waals surface area contributed by atoms with Crippen molar-refractivity contribution in [2.75, 3.05) is 29.9 Å². The Hall–Kier alpha value is -2.77. The van der Waals surface area contributed by atoms with Gasteiger partial charge in [0.15, 0.2) is 0 Å². The molecule has 4 rings (SSSR count). The second kappa shape index (κ2) is 8.53. The molecule has 0 bridgehead atoms. The number of nitrogens with zero attached hydrogens (tertiary/aromatic N) is 2. The van der Waals surface area contributed by atoms with Crippen molar-refractivity contribution in [2.45, 2.75) is 31.3 Å². The number of carbonyl (C=O) groups is 2. The number of amides is 4. The number of hydrogen-bond acceptors (Lipinski definition) is 3. The number of halogens is 1. The number of carbonyl (C=O) groups excluding carboxylic acids is 2. The fourth-order valence-electron chi connectivity index (χ4n) is 4.44. The Morgan fingerprint density at radius 2 is 1.97 bits per heavy atom. The minimum absolute atomic E-state index is 0.00574. The van der Waals surface area contributed by atoms with Crippen molar-refractivity contribution in [1.29, 1.82) is 0 Å². The Kier molecular flexibility index (Phi) is 5.83. The molecule has 0 aromatic heterocycles. The highest BCUT2D eigenvalue weighted by Crippen LogP contribution is 2.48. The third kappa shape index (κ3) is 3.59. The molecule has 0 aliphatic carbocycles. The highest BCUT2D eigenvalue weighted by Gasteiger charge is 2.55. The average Bonchev–Trinajstić information content (AvgIpc) is 2.72. The van der Waals surface area contributed by atoms with E-state index in [0.717, 1.165) is 17.7 Å². The van der Waals surface area contributed by atoms with Crippen LogP contribution in [0.5, 0.6) is 0 Å². The van der Waals surface area contributed by atoms with E-state index >= 15 is 0 Å². The quantitative estimate of drug-likeness (QED) is 0.695. The van der Waals surface area contributed by atoms with E-state index in [2.05, 4.69) is 10.6 Å². The monoisotopic (exact) mass is 428 g/mol. The summed E-state index contributed by atoms with van der Waals surface area (Å²) >= 11 is 6.03. The first-order chi connectivity index (χ1) is 14.5. The van der Waals surface area contributed by atoms with E-state index in [1.165, 1.54) is 0 Å². The van der Waals surface area contributed by atoms with E-state index in [-0.39, 0.29) is 36.7 Å². The van der Waals surface area contributed by atoms with Crippen molar-refractivity contribution in [2.24, 2.45) is 0 Å². The maximum atomic E-state index is 13.1. The summed E-state index contributed by atoms with van der Waals surface area (Å²) in [6.45, 7) is 2.79. The van der Waals surface area contributed by atoms with Gasteiger partial charge in [-0.05, 0) is 36.2 Å². The second-order valence-electron chi connectivity index (χ2n) is 7.59. The number of nitrogens with one attached hydrogen (secondary N) is 2. The largest absolute Gasteiger partial charge is 0.394 e. The lowest BCUT2D eigenvalue weighted by Crippen LogP contribution is -2.72. The van der Waals surface area contributed by atoms with Gasteiger partial charge in [-0.15, -0.1) is 0 Å². The van der Waals surface area contributed by atoms with Crippen LogP contribution < -0.4 is 15.5 Å². The molecular formula is C22H25ClN4O3. The zero-order chi connectivity index (χ0) is 21.3. The molecule has 7 nitrogen and oxygen atoms in total. The molecule has 4 amide bonds. The van der Waals surface area contributed by atoms with E-state index in [0.29, 0.717) is 23.8 Å². The van der Waals surface area contributed by atoms with Crippen molar-refractivity contribution < 1.29 is 14.7 Å². The minimum atomic E-state index is -0.300. The van der Waals surface area contributed by atoms with Crippen LogP contribution in [-0.2, 0) is 0 Å². The zero-order valence-corrected chi connectivity index (χ0v) is 17.5. The van der Waals surface area contributed by atoms with Gasteiger partial charge in [-0.2, -0.15) is 0 Å². The van der Waals surface area contributed by atoms with Crippen LogP contribution >= 0.6 is 11.6 Å². The Morgan fingerprint density at radius 1 is 1.17 bits per heavy atom. The summed E-state index contributed by atoms with van der Waals surface area (Å²) in [4.78, 5) is 29.2. The van der Waals surface area contributed by atoms with E-state index in [1.54, 1.807) is 34.1 Å². The highest BCUT2D eigenvalue weighted by molar-refractivity contribution is 6.30. The topological polar surface area (TPSA) is 84.9 Å². The van der Waals surface area contributed by atoms with Gasteiger partial charge in [0, 0.05) is 35.4 Å². The number of hydrogen-bond donors (Lipinski definition) is 3. The van der Waals surface area contributed by atoms with Crippen molar-refractivity contribution in [3.63, 3.8) is 0 Å². The van der Waals surface area contributed by atoms with Gasteiger partial charge in [0.25, 0.3) is 0 Å². The molecule has 1 fully saturated rings. The summed E-state index contributed by atoms with van der Waals surface area (Å²) in [5, 5.41) is 16.3. The Balaban J connectivity index is 1.62. The number of urea groups is 2. The lowest BCUT2D eigenvalue weighted by molar-refractivity contribution is -0.00673. The van der Waals surface area contributed by atoms with Gasteiger partial charge in [0.05, 0.1) is 18.7 Å². The van der Waals surface area contributed by atoms with Gasteiger partial charge in [-0.1, -0.05) is 42.8 Å². The highest BCUT2D eigenvalue weighted by atomic mass is 35.5. The van der Waals surface area contributed by atoms with Crippen LogP contribution in [0.3, 0.4) is 0 Å². The van der Waals surface area contributed by atoms with Crippen LogP contribution in [-0.4, -0.2) is 53.8 Å². The second-order valence-corrected chi connectivity index (χ2v) is 8.03. The van der Waals surface area contributed by atoms with Crippen LogP contribution in [0.25, 0.3) is 0 Å². The third-order valence-electron chi connectivity index (χ3n) is 5.77. The van der Waals surface area contributed by atoms with Crippen molar-refractivity contribution in [3.8, 4) is 0 Å². The molecule has 0 radical (unpaired) electrons. The number of aliphatic hydroxyl groups is 1. The van der Waals surface area contributed by atoms with Gasteiger partial charge < -0.3 is 20.6 Å². The summed E-state index contributed by atoms with van der Waals surface area (Å²) in [5.41, 5.74) is 2.37. The normalized spacial score (nSPS) is 21.9. The molecule has 2 aliphatic heterocycles. The molecule has 2 aromatic rings. The van der Waals surface area contributed by atoms with Gasteiger partial charge >= 0.3 is 12.1 Å². The molecule has 0 unspecified atom stereocenters. The van der Waals surface area contributed by atoms with Gasteiger partial charge in [-0.3, -0.25) is 4.90 Å². The molecule has 158 valence electrons. The smallest absolute Gasteiger partial charge is 0.326 e. The SMILES string of the molecule is CCCNC(=O)N1[C@H](CO)[C@H]2c3ccccc3N(C(=O)Nc3cccc(Cl)c3)C[C@H]21. The minimum Gasteiger partial charge on any atom is -0.394 e. The fraction of sp³-hybridized carbons (Fsp3) is 0.364. The van der Waals surface area contributed by atoms with Crippen LogP contribution in [0, 0.1) is 0 Å². The number of para-hydroxylation sites is 1. The van der Waals surface area contributed by atoms with Crippen molar-refractivity contribution >= 4 is 35.0 Å². The molecule has 2 aliphatic rings. The molecule has 2 heterocycles. The Bertz CT molecular complexity index is 953. The number of aliphatic hydroxyl groups excluding tert-OH is 1.